The fraction of sp³-hybridized carbons (Fsp3) is 0.312. The molecule has 1 saturated carbocycles. The Balaban J connectivity index is 1.87. The quantitative estimate of drug-likeness (QED) is 0.728. The third-order valence-corrected chi connectivity index (χ3v) is 5.76. The number of fused-ring (bicyclic) bond motifs is 1. The largest absolute Gasteiger partial charge is 0.255 e. The number of hydrogen-bond acceptors (Lipinski definition) is 7. The molecule has 4 rings (SSSR count). The predicted molar refractivity (Wildman–Crippen MR) is 92.2 cm³/mol. The molecule has 0 amide bonds. The number of nitrogens with zero attached hydrogens (tertiary/aromatic N) is 6. The summed E-state index contributed by atoms with van der Waals surface area (Å²) < 4.78 is 29.4. The second-order valence-corrected chi connectivity index (χ2v) is 8.06. The smallest absolute Gasteiger partial charge is 0.241 e. The van der Waals surface area contributed by atoms with Crippen LogP contribution in [0.25, 0.3) is 22.3 Å². The Labute approximate surface area is 149 Å². The van der Waals surface area contributed by atoms with Gasteiger partial charge in [-0.15, -0.1) is 5.10 Å². The standard InChI is InChI=1S/C16H15N7O2S/c1-10-18-13-4-3-11(26(24,25)21-16(9-17)5-6-16)7-12(13)15(19-10)14-8-23(2)22-20-14/h3-4,7-8,21H,5-6H2,1-2H3. The van der Waals surface area contributed by atoms with Crippen molar-refractivity contribution < 1.29 is 8.42 Å². The van der Waals surface area contributed by atoms with Crippen molar-refractivity contribution in [3.63, 3.8) is 0 Å². The number of nitriles is 1. The second-order valence-electron chi connectivity index (χ2n) is 6.38. The summed E-state index contributed by atoms with van der Waals surface area (Å²) in [7, 11) is -2.09. The van der Waals surface area contributed by atoms with Gasteiger partial charge in [0.25, 0.3) is 0 Å². The molecule has 1 N–H and O–H groups in total. The molecule has 132 valence electrons. The van der Waals surface area contributed by atoms with Gasteiger partial charge in [-0.25, -0.2) is 18.4 Å². The molecule has 0 saturated heterocycles. The highest BCUT2D eigenvalue weighted by Gasteiger charge is 2.46. The van der Waals surface area contributed by atoms with Gasteiger partial charge in [0.05, 0.1) is 22.7 Å². The van der Waals surface area contributed by atoms with Crippen LogP contribution in [0.15, 0.2) is 29.3 Å². The zero-order valence-electron chi connectivity index (χ0n) is 14.1. The number of aromatic nitrogens is 5. The van der Waals surface area contributed by atoms with E-state index in [0.717, 1.165) is 0 Å². The molecule has 0 unspecified atom stereocenters. The third-order valence-electron chi connectivity index (χ3n) is 4.23. The van der Waals surface area contributed by atoms with Crippen LogP contribution in [0.3, 0.4) is 0 Å². The summed E-state index contributed by atoms with van der Waals surface area (Å²) in [6.45, 7) is 1.76. The average Bonchev–Trinajstić information content (AvgIpc) is 3.23. The molecular formula is C16H15N7O2S. The molecule has 1 aliphatic rings. The van der Waals surface area contributed by atoms with Crippen LogP contribution in [0.5, 0.6) is 0 Å². The van der Waals surface area contributed by atoms with Gasteiger partial charge in [0, 0.05) is 12.4 Å². The molecule has 0 radical (unpaired) electrons. The van der Waals surface area contributed by atoms with E-state index >= 15 is 0 Å². The van der Waals surface area contributed by atoms with Crippen LogP contribution in [0.4, 0.5) is 0 Å². The van der Waals surface area contributed by atoms with Gasteiger partial charge in [0.2, 0.25) is 10.0 Å². The molecule has 26 heavy (non-hydrogen) atoms. The Morgan fingerprint density at radius 3 is 2.69 bits per heavy atom. The first kappa shape index (κ1) is 16.6. The highest BCUT2D eigenvalue weighted by atomic mass is 32.2. The summed E-state index contributed by atoms with van der Waals surface area (Å²) in [5.41, 5.74) is 0.671. The summed E-state index contributed by atoms with van der Waals surface area (Å²) in [5, 5.41) is 17.7. The zero-order valence-corrected chi connectivity index (χ0v) is 14.9. The maximum atomic E-state index is 12.7. The summed E-state index contributed by atoms with van der Waals surface area (Å²) in [6, 6.07) is 6.64. The van der Waals surface area contributed by atoms with Crippen LogP contribution in [-0.4, -0.2) is 38.9 Å². The lowest BCUT2D eigenvalue weighted by atomic mass is 10.1. The highest BCUT2D eigenvalue weighted by molar-refractivity contribution is 7.89. The fourth-order valence-electron chi connectivity index (χ4n) is 2.72. The van der Waals surface area contributed by atoms with Crippen molar-refractivity contribution in [2.24, 2.45) is 7.05 Å². The fourth-order valence-corrected chi connectivity index (χ4v) is 4.12. The van der Waals surface area contributed by atoms with Gasteiger partial charge < -0.3 is 0 Å². The number of rotatable bonds is 4. The minimum absolute atomic E-state index is 0.0594. The van der Waals surface area contributed by atoms with Crippen LogP contribution in [0, 0.1) is 18.3 Å². The minimum Gasteiger partial charge on any atom is -0.255 e. The second kappa shape index (κ2) is 5.55. The number of hydrogen-bond donors (Lipinski definition) is 1. The van der Waals surface area contributed by atoms with E-state index in [-0.39, 0.29) is 4.90 Å². The van der Waals surface area contributed by atoms with Crippen LogP contribution >= 0.6 is 0 Å². The first-order valence-corrected chi connectivity index (χ1v) is 9.41. The average molecular weight is 369 g/mol. The van der Waals surface area contributed by atoms with Crippen LogP contribution in [0.2, 0.25) is 0 Å². The van der Waals surface area contributed by atoms with Crippen molar-refractivity contribution in [2.75, 3.05) is 0 Å². The number of nitrogens with one attached hydrogen (secondary N) is 1. The normalized spacial score (nSPS) is 15.7. The number of sulfonamides is 1. The topological polar surface area (TPSA) is 126 Å². The molecule has 10 heteroatoms. The Bertz CT molecular complexity index is 1170. The van der Waals surface area contributed by atoms with Gasteiger partial charge >= 0.3 is 0 Å². The summed E-state index contributed by atoms with van der Waals surface area (Å²) >= 11 is 0. The predicted octanol–water partition coefficient (Wildman–Crippen LogP) is 1.07. The van der Waals surface area contributed by atoms with E-state index in [4.69, 9.17) is 5.26 Å². The molecule has 3 aromatic rings. The molecule has 2 aromatic heterocycles. The number of aryl methyl sites for hydroxylation is 2. The molecule has 1 aliphatic carbocycles. The first-order valence-electron chi connectivity index (χ1n) is 7.92. The summed E-state index contributed by atoms with van der Waals surface area (Å²) in [4.78, 5) is 8.84. The van der Waals surface area contributed by atoms with E-state index < -0.39 is 15.6 Å². The van der Waals surface area contributed by atoms with E-state index in [2.05, 4.69) is 25.0 Å². The molecular weight excluding hydrogens is 354 g/mol. The maximum absolute atomic E-state index is 12.7. The van der Waals surface area contributed by atoms with Crippen molar-refractivity contribution in [3.8, 4) is 17.5 Å². The molecule has 0 atom stereocenters. The van der Waals surface area contributed by atoms with Crippen molar-refractivity contribution >= 4 is 20.9 Å². The lowest BCUT2D eigenvalue weighted by Crippen LogP contribution is -2.35. The van der Waals surface area contributed by atoms with Crippen molar-refractivity contribution in [2.45, 2.75) is 30.2 Å². The van der Waals surface area contributed by atoms with E-state index in [9.17, 15) is 8.42 Å². The molecule has 0 aliphatic heterocycles. The molecule has 0 spiro atoms. The minimum atomic E-state index is -3.83. The van der Waals surface area contributed by atoms with Crippen molar-refractivity contribution in [3.05, 3.63) is 30.2 Å². The van der Waals surface area contributed by atoms with E-state index in [1.54, 1.807) is 30.9 Å². The SMILES string of the molecule is Cc1nc(-c2cn(C)nn2)c2cc(S(=O)(=O)NC3(C#N)CC3)ccc2n1. The monoisotopic (exact) mass is 369 g/mol. The Hall–Kier alpha value is -2.90. The van der Waals surface area contributed by atoms with Crippen LogP contribution in [0.1, 0.15) is 18.7 Å². The highest BCUT2D eigenvalue weighted by Crippen LogP contribution is 2.36. The molecule has 1 aromatic carbocycles. The van der Waals surface area contributed by atoms with E-state index in [0.29, 0.717) is 41.0 Å². The van der Waals surface area contributed by atoms with Gasteiger partial charge in [0.15, 0.2) is 0 Å². The Morgan fingerprint density at radius 1 is 1.31 bits per heavy atom. The van der Waals surface area contributed by atoms with Gasteiger partial charge in [-0.2, -0.15) is 9.98 Å². The van der Waals surface area contributed by atoms with Crippen LogP contribution < -0.4 is 4.72 Å². The maximum Gasteiger partial charge on any atom is 0.241 e. The van der Waals surface area contributed by atoms with Crippen molar-refractivity contribution in [1.82, 2.24) is 29.7 Å². The van der Waals surface area contributed by atoms with Gasteiger partial charge in [-0.1, -0.05) is 5.21 Å². The Morgan fingerprint density at radius 2 is 2.08 bits per heavy atom. The zero-order chi connectivity index (χ0) is 18.5. The first-order chi connectivity index (χ1) is 12.3. The van der Waals surface area contributed by atoms with Gasteiger partial charge in [-0.3, -0.25) is 4.68 Å². The van der Waals surface area contributed by atoms with Crippen molar-refractivity contribution in [1.29, 1.82) is 5.26 Å². The van der Waals surface area contributed by atoms with E-state index in [1.165, 1.54) is 12.1 Å². The molecule has 1 fully saturated rings. The lowest BCUT2D eigenvalue weighted by molar-refractivity contribution is 0.571. The summed E-state index contributed by atoms with van der Waals surface area (Å²) in [5.74, 6) is 0.549. The Kier molecular flexibility index (Phi) is 3.54. The summed E-state index contributed by atoms with van der Waals surface area (Å²) in [6.07, 6.45) is 2.74. The lowest BCUT2D eigenvalue weighted by Gasteiger charge is -2.11. The van der Waals surface area contributed by atoms with Crippen LogP contribution in [-0.2, 0) is 17.1 Å². The van der Waals surface area contributed by atoms with Gasteiger partial charge in [-0.05, 0) is 38.0 Å². The number of benzene rings is 1. The molecule has 0 bridgehead atoms. The van der Waals surface area contributed by atoms with E-state index in [1.807, 2.05) is 6.07 Å². The third kappa shape index (κ3) is 2.81. The molecule has 2 heterocycles. The van der Waals surface area contributed by atoms with Gasteiger partial charge in [0.1, 0.15) is 22.8 Å². The molecule has 9 nitrogen and oxygen atoms in total.